The number of aromatic nitrogens is 2. The predicted molar refractivity (Wildman–Crippen MR) is 99.5 cm³/mol. The first kappa shape index (κ1) is 17.1. The number of nitrogens with two attached hydrogens (primary N) is 1. The molecule has 0 saturated carbocycles. The lowest BCUT2D eigenvalue weighted by molar-refractivity contribution is 0.0941. The molecule has 1 aromatic rings. The first-order valence-electron chi connectivity index (χ1n) is 9.41. The second-order valence-corrected chi connectivity index (χ2v) is 7.34. The number of nitrogens with one attached hydrogen (secondary N) is 2. The van der Waals surface area contributed by atoms with Gasteiger partial charge in [-0.05, 0) is 38.8 Å². The number of allylic oxidation sites excluding steroid dienone is 2. The highest BCUT2D eigenvalue weighted by Gasteiger charge is 2.36. The van der Waals surface area contributed by atoms with Crippen molar-refractivity contribution < 1.29 is 4.39 Å². The third kappa shape index (κ3) is 3.23. The van der Waals surface area contributed by atoms with Crippen LogP contribution in [0.25, 0.3) is 0 Å². The minimum atomic E-state index is -1.21. The topological polar surface area (TPSA) is 71.1 Å². The Morgan fingerprint density at radius 1 is 1.46 bits per heavy atom. The summed E-state index contributed by atoms with van der Waals surface area (Å²) in [7, 11) is 0. The van der Waals surface area contributed by atoms with Crippen LogP contribution in [-0.4, -0.2) is 40.0 Å². The van der Waals surface area contributed by atoms with Gasteiger partial charge in [0.1, 0.15) is 11.5 Å². The minimum Gasteiger partial charge on any atom is -0.385 e. The Balaban J connectivity index is 1.61. The second-order valence-electron chi connectivity index (χ2n) is 7.34. The van der Waals surface area contributed by atoms with Crippen LogP contribution < -0.4 is 16.4 Å². The summed E-state index contributed by atoms with van der Waals surface area (Å²) in [6.45, 7) is 4.54. The van der Waals surface area contributed by atoms with E-state index in [1.54, 1.807) is 0 Å². The van der Waals surface area contributed by atoms with Crippen LogP contribution in [0, 0.1) is 0 Å². The van der Waals surface area contributed by atoms with E-state index < -0.39 is 5.67 Å². The fraction of sp³-hybridized carbons (Fsp3) is 0.526. The zero-order chi connectivity index (χ0) is 18.1. The molecule has 0 radical (unpaired) electrons. The lowest BCUT2D eigenvalue weighted by Crippen LogP contribution is -2.49. The standard InChI is InChI=1S/C19H27FN6/c1-2-26-11-14(10-23-26)16-9-17-15(18(21)24-16)5-3-8-25(17)13-19(20)6-4-7-22-12-19/h3,8-11,16,22,24H,2,4-7,12-13,21H2,1H3/t16?,19-/m0/s1. The molecule has 26 heavy (non-hydrogen) atoms. The lowest BCUT2D eigenvalue weighted by atomic mass is 9.92. The maximum absolute atomic E-state index is 15.2. The lowest BCUT2D eigenvalue weighted by Gasteiger charge is -2.40. The highest BCUT2D eigenvalue weighted by Crippen LogP contribution is 2.35. The van der Waals surface area contributed by atoms with Crippen molar-refractivity contribution in [1.82, 2.24) is 25.3 Å². The van der Waals surface area contributed by atoms with Gasteiger partial charge in [-0.3, -0.25) is 4.68 Å². The molecule has 0 aromatic carbocycles. The molecule has 0 amide bonds. The molecular formula is C19H27FN6. The van der Waals surface area contributed by atoms with Crippen molar-refractivity contribution in [2.24, 2.45) is 5.73 Å². The number of rotatable bonds is 4. The van der Waals surface area contributed by atoms with Gasteiger partial charge in [0.05, 0.1) is 18.8 Å². The molecule has 0 aliphatic carbocycles. The van der Waals surface area contributed by atoms with E-state index in [2.05, 4.69) is 34.8 Å². The van der Waals surface area contributed by atoms with Crippen LogP contribution in [0.5, 0.6) is 0 Å². The van der Waals surface area contributed by atoms with Crippen molar-refractivity contribution >= 4 is 0 Å². The molecular weight excluding hydrogens is 331 g/mol. The van der Waals surface area contributed by atoms with Crippen molar-refractivity contribution in [3.63, 3.8) is 0 Å². The number of hydrogen-bond acceptors (Lipinski definition) is 5. The van der Waals surface area contributed by atoms with E-state index in [0.717, 1.165) is 42.8 Å². The number of dihydropyridines is 1. The molecule has 4 N–H and O–H groups in total. The first-order valence-corrected chi connectivity index (χ1v) is 9.41. The summed E-state index contributed by atoms with van der Waals surface area (Å²) in [4.78, 5) is 2.02. The van der Waals surface area contributed by atoms with Crippen LogP contribution >= 0.6 is 0 Å². The average Bonchev–Trinajstić information content (AvgIpc) is 3.12. The SMILES string of the molecule is CCn1cc(C2C=C3C(=C(N)N2)CC=CN3C[C@]2(F)CCCNC2)cn1. The Labute approximate surface area is 153 Å². The molecule has 6 nitrogen and oxygen atoms in total. The van der Waals surface area contributed by atoms with Crippen LogP contribution in [0.3, 0.4) is 0 Å². The summed E-state index contributed by atoms with van der Waals surface area (Å²) in [5.41, 5.74) is 8.22. The molecule has 1 saturated heterocycles. The number of fused-ring (bicyclic) bond motifs is 1. The van der Waals surface area contributed by atoms with Crippen molar-refractivity contribution in [3.8, 4) is 0 Å². The van der Waals surface area contributed by atoms with E-state index >= 15 is 4.39 Å². The molecule has 140 valence electrons. The van der Waals surface area contributed by atoms with Gasteiger partial charge in [0.25, 0.3) is 0 Å². The molecule has 0 bridgehead atoms. The van der Waals surface area contributed by atoms with Gasteiger partial charge in [0, 0.05) is 42.3 Å². The van der Waals surface area contributed by atoms with E-state index in [-0.39, 0.29) is 6.04 Å². The number of aryl methyl sites for hydroxylation is 1. The molecule has 2 atom stereocenters. The zero-order valence-corrected chi connectivity index (χ0v) is 15.2. The third-order valence-corrected chi connectivity index (χ3v) is 5.40. The Hall–Kier alpha value is -2.28. The number of halogens is 1. The summed E-state index contributed by atoms with van der Waals surface area (Å²) in [6, 6.07) is -0.0527. The Kier molecular flexibility index (Phi) is 4.48. The second kappa shape index (κ2) is 6.79. The average molecular weight is 358 g/mol. The van der Waals surface area contributed by atoms with Crippen LogP contribution in [0.15, 0.2) is 47.8 Å². The monoisotopic (exact) mass is 358 g/mol. The van der Waals surface area contributed by atoms with E-state index in [4.69, 9.17) is 5.73 Å². The van der Waals surface area contributed by atoms with Crippen LogP contribution in [0.4, 0.5) is 4.39 Å². The largest absolute Gasteiger partial charge is 0.385 e. The van der Waals surface area contributed by atoms with Gasteiger partial charge in [-0.25, -0.2) is 4.39 Å². The molecule has 3 aliphatic rings. The fourth-order valence-electron chi connectivity index (χ4n) is 3.96. The van der Waals surface area contributed by atoms with E-state index in [0.29, 0.717) is 25.3 Å². The molecule has 1 aromatic heterocycles. The molecule has 1 fully saturated rings. The van der Waals surface area contributed by atoms with Gasteiger partial charge in [0.2, 0.25) is 0 Å². The maximum atomic E-state index is 15.2. The third-order valence-electron chi connectivity index (χ3n) is 5.40. The summed E-state index contributed by atoms with van der Waals surface area (Å²) in [6.07, 6.45) is 12.3. The molecule has 7 heteroatoms. The van der Waals surface area contributed by atoms with Crippen LogP contribution in [0.2, 0.25) is 0 Å². The number of hydrogen-bond donors (Lipinski definition) is 3. The molecule has 0 spiro atoms. The fourth-order valence-corrected chi connectivity index (χ4v) is 3.96. The van der Waals surface area contributed by atoms with Gasteiger partial charge in [-0.15, -0.1) is 0 Å². The van der Waals surface area contributed by atoms with Gasteiger partial charge >= 0.3 is 0 Å². The van der Waals surface area contributed by atoms with Crippen molar-refractivity contribution in [1.29, 1.82) is 0 Å². The van der Waals surface area contributed by atoms with E-state index in [1.807, 2.05) is 28.2 Å². The van der Waals surface area contributed by atoms with Crippen LogP contribution in [-0.2, 0) is 6.54 Å². The van der Waals surface area contributed by atoms with Crippen LogP contribution in [0.1, 0.15) is 37.8 Å². The van der Waals surface area contributed by atoms with Crippen molar-refractivity contribution in [2.75, 3.05) is 19.6 Å². The smallest absolute Gasteiger partial charge is 0.141 e. The number of alkyl halides is 1. The number of nitrogens with zero attached hydrogens (tertiary/aromatic N) is 3. The molecule has 1 unspecified atom stereocenters. The maximum Gasteiger partial charge on any atom is 0.141 e. The molecule has 3 aliphatic heterocycles. The molecule has 4 heterocycles. The zero-order valence-electron chi connectivity index (χ0n) is 15.2. The summed E-state index contributed by atoms with van der Waals surface area (Å²) < 4.78 is 17.1. The minimum absolute atomic E-state index is 0.0527. The van der Waals surface area contributed by atoms with Crippen molar-refractivity contribution in [3.05, 3.63) is 53.4 Å². The highest BCUT2D eigenvalue weighted by atomic mass is 19.1. The Bertz CT molecular complexity index is 756. The Morgan fingerprint density at radius 2 is 2.35 bits per heavy atom. The first-order chi connectivity index (χ1) is 12.6. The quantitative estimate of drug-likeness (QED) is 0.767. The number of piperidine rings is 1. The van der Waals surface area contributed by atoms with Gasteiger partial charge in [0.15, 0.2) is 0 Å². The highest BCUT2D eigenvalue weighted by molar-refractivity contribution is 5.44. The summed E-state index contributed by atoms with van der Waals surface area (Å²) >= 11 is 0. The van der Waals surface area contributed by atoms with E-state index in [9.17, 15) is 0 Å². The molecule has 4 rings (SSSR count). The van der Waals surface area contributed by atoms with E-state index in [1.165, 1.54) is 0 Å². The van der Waals surface area contributed by atoms with Gasteiger partial charge in [-0.2, -0.15) is 5.10 Å². The van der Waals surface area contributed by atoms with Gasteiger partial charge < -0.3 is 21.3 Å². The summed E-state index contributed by atoms with van der Waals surface area (Å²) in [5, 5.41) is 10.9. The Morgan fingerprint density at radius 3 is 3.08 bits per heavy atom. The van der Waals surface area contributed by atoms with Crippen molar-refractivity contribution in [2.45, 2.75) is 44.4 Å². The predicted octanol–water partition coefficient (Wildman–Crippen LogP) is 1.91. The van der Waals surface area contributed by atoms with Gasteiger partial charge in [-0.1, -0.05) is 6.08 Å². The summed E-state index contributed by atoms with van der Waals surface area (Å²) in [5.74, 6) is 0.667. The normalized spacial score (nSPS) is 28.6.